The summed E-state index contributed by atoms with van der Waals surface area (Å²) in [6.07, 6.45) is 4.87. The molecule has 1 fully saturated rings. The van der Waals surface area contributed by atoms with Crippen molar-refractivity contribution in [3.63, 3.8) is 0 Å². The third-order valence-corrected chi connectivity index (χ3v) is 7.86. The minimum Gasteiger partial charge on any atom is -0.507 e. The number of rotatable bonds is 7. The lowest BCUT2D eigenvalue weighted by molar-refractivity contribution is -0.122. The minimum atomic E-state index is -0.180. The Morgan fingerprint density at radius 1 is 0.925 bits per heavy atom. The van der Waals surface area contributed by atoms with Crippen LogP contribution in [0.2, 0.25) is 0 Å². The lowest BCUT2D eigenvalue weighted by Gasteiger charge is -2.30. The molecule has 3 aromatic rings. The number of carbonyl (C=O) groups excluding carboxylic acids is 1. The van der Waals surface area contributed by atoms with Gasteiger partial charge in [-0.3, -0.25) is 4.79 Å². The van der Waals surface area contributed by atoms with E-state index in [1.807, 2.05) is 37.2 Å². The zero-order valence-electron chi connectivity index (χ0n) is 25.6. The van der Waals surface area contributed by atoms with Crippen LogP contribution in [0, 0.1) is 0 Å². The number of nitrogens with zero attached hydrogens (tertiary/aromatic N) is 3. The summed E-state index contributed by atoms with van der Waals surface area (Å²) >= 11 is 0. The van der Waals surface area contributed by atoms with Crippen molar-refractivity contribution in [3.8, 4) is 5.75 Å². The van der Waals surface area contributed by atoms with Crippen LogP contribution in [0.3, 0.4) is 0 Å². The number of nitrogens with one attached hydrogen (secondary N) is 2. The fraction of sp³-hybridized carbons (Fsp3) is 0.545. The van der Waals surface area contributed by atoms with Crippen LogP contribution in [0.1, 0.15) is 90.3 Å². The number of phenols is 1. The highest BCUT2D eigenvalue weighted by molar-refractivity contribution is 5.90. The number of benzene rings is 2. The van der Waals surface area contributed by atoms with E-state index < -0.39 is 0 Å². The van der Waals surface area contributed by atoms with Crippen LogP contribution in [0.15, 0.2) is 36.4 Å². The minimum absolute atomic E-state index is 0.0904. The van der Waals surface area contributed by atoms with Gasteiger partial charge in [-0.25, -0.2) is 4.98 Å². The maximum atomic E-state index is 12.9. The Morgan fingerprint density at radius 3 is 2.08 bits per heavy atom. The predicted octanol–water partition coefficient (Wildman–Crippen LogP) is 6.47. The van der Waals surface area contributed by atoms with E-state index in [-0.39, 0.29) is 28.8 Å². The number of para-hydroxylation sites is 1. The molecule has 0 spiro atoms. The van der Waals surface area contributed by atoms with E-state index in [1.54, 1.807) is 0 Å². The van der Waals surface area contributed by atoms with Gasteiger partial charge < -0.3 is 20.6 Å². The number of phenolic OH excluding ortho intramolecular Hbond substituents is 1. The molecular formula is C33H47N5O2. The molecule has 0 unspecified atom stereocenters. The number of aryl methyl sites for hydroxylation is 1. The van der Waals surface area contributed by atoms with Crippen LogP contribution >= 0.6 is 0 Å². The summed E-state index contributed by atoms with van der Waals surface area (Å²) in [6, 6.07) is 12.7. The molecule has 3 N–H and O–H groups in total. The SMILES string of the molecule is CN(C)c1nc(NC2CCC(NC(=O)CCc3cc(C(C)(C)C)c(O)c(C(C)(C)C)c3)CC2)nc2ccccc12. The second-order valence-electron chi connectivity index (χ2n) is 13.6. The van der Waals surface area contributed by atoms with Gasteiger partial charge in [-0.2, -0.15) is 4.98 Å². The van der Waals surface area contributed by atoms with Crippen LogP contribution in [0.25, 0.3) is 10.9 Å². The molecule has 7 nitrogen and oxygen atoms in total. The third kappa shape index (κ3) is 7.04. The number of carbonyl (C=O) groups is 1. The van der Waals surface area contributed by atoms with Crippen molar-refractivity contribution in [2.45, 2.75) is 103 Å². The van der Waals surface area contributed by atoms with E-state index in [1.165, 1.54) is 0 Å². The summed E-state index contributed by atoms with van der Waals surface area (Å²) in [6.45, 7) is 12.7. The summed E-state index contributed by atoms with van der Waals surface area (Å²) in [4.78, 5) is 24.5. The van der Waals surface area contributed by atoms with Gasteiger partial charge in [-0.15, -0.1) is 0 Å². The Hall–Kier alpha value is -3.35. The number of amides is 1. The highest BCUT2D eigenvalue weighted by Gasteiger charge is 2.27. The zero-order chi connectivity index (χ0) is 29.2. The van der Waals surface area contributed by atoms with E-state index in [0.29, 0.717) is 24.5 Å². The van der Waals surface area contributed by atoms with Crippen molar-refractivity contribution in [2.24, 2.45) is 0 Å². The van der Waals surface area contributed by atoms with E-state index >= 15 is 0 Å². The molecule has 2 aromatic carbocycles. The Labute approximate surface area is 239 Å². The van der Waals surface area contributed by atoms with Crippen LogP contribution in [0.5, 0.6) is 5.75 Å². The van der Waals surface area contributed by atoms with Crippen LogP contribution in [-0.2, 0) is 22.0 Å². The van der Waals surface area contributed by atoms with E-state index in [0.717, 1.165) is 59.1 Å². The molecule has 1 aromatic heterocycles. The van der Waals surface area contributed by atoms with Crippen molar-refractivity contribution in [2.75, 3.05) is 24.3 Å². The van der Waals surface area contributed by atoms with Gasteiger partial charge >= 0.3 is 0 Å². The molecule has 0 radical (unpaired) electrons. The molecule has 0 aliphatic heterocycles. The highest BCUT2D eigenvalue weighted by atomic mass is 16.3. The Morgan fingerprint density at radius 2 is 1.50 bits per heavy atom. The predicted molar refractivity (Wildman–Crippen MR) is 166 cm³/mol. The Bertz CT molecular complexity index is 1310. The van der Waals surface area contributed by atoms with Gasteiger partial charge in [0.1, 0.15) is 11.6 Å². The first-order valence-corrected chi connectivity index (χ1v) is 14.6. The zero-order valence-corrected chi connectivity index (χ0v) is 25.6. The summed E-state index contributed by atoms with van der Waals surface area (Å²) in [5.41, 5.74) is 3.55. The lowest BCUT2D eigenvalue weighted by atomic mass is 9.78. The largest absolute Gasteiger partial charge is 0.507 e. The second-order valence-corrected chi connectivity index (χ2v) is 13.6. The van der Waals surface area contributed by atoms with Crippen molar-refractivity contribution in [1.82, 2.24) is 15.3 Å². The molecule has 0 bridgehead atoms. The maximum absolute atomic E-state index is 12.9. The number of anilines is 2. The van der Waals surface area contributed by atoms with Crippen LogP contribution in [0.4, 0.5) is 11.8 Å². The van der Waals surface area contributed by atoms with Gasteiger partial charge in [0.25, 0.3) is 0 Å². The van der Waals surface area contributed by atoms with Gasteiger partial charge in [0.05, 0.1) is 5.52 Å². The molecule has 216 valence electrons. The fourth-order valence-corrected chi connectivity index (χ4v) is 5.57. The highest BCUT2D eigenvalue weighted by Crippen LogP contribution is 2.40. The summed E-state index contributed by atoms with van der Waals surface area (Å²) in [5, 5.41) is 18.8. The average molecular weight is 546 g/mol. The average Bonchev–Trinajstić information content (AvgIpc) is 2.87. The maximum Gasteiger partial charge on any atom is 0.225 e. The van der Waals surface area contributed by atoms with Gasteiger partial charge in [0.2, 0.25) is 11.9 Å². The normalized spacial score (nSPS) is 18.0. The third-order valence-electron chi connectivity index (χ3n) is 7.86. The van der Waals surface area contributed by atoms with Gasteiger partial charge in [0.15, 0.2) is 0 Å². The number of aromatic hydroxyl groups is 1. The molecule has 4 rings (SSSR count). The lowest BCUT2D eigenvalue weighted by Crippen LogP contribution is -2.40. The summed E-state index contributed by atoms with van der Waals surface area (Å²) in [5.74, 6) is 2.04. The topological polar surface area (TPSA) is 90.4 Å². The van der Waals surface area contributed by atoms with Crippen molar-refractivity contribution < 1.29 is 9.90 Å². The Balaban J connectivity index is 1.33. The number of fused-ring (bicyclic) bond motifs is 1. The molecule has 40 heavy (non-hydrogen) atoms. The number of aromatic nitrogens is 2. The molecule has 1 amide bonds. The smallest absolute Gasteiger partial charge is 0.225 e. The van der Waals surface area contributed by atoms with Crippen molar-refractivity contribution in [3.05, 3.63) is 53.1 Å². The molecule has 1 heterocycles. The summed E-state index contributed by atoms with van der Waals surface area (Å²) < 4.78 is 0. The van der Waals surface area contributed by atoms with E-state index in [9.17, 15) is 9.90 Å². The quantitative estimate of drug-likeness (QED) is 0.315. The van der Waals surface area contributed by atoms with Crippen molar-refractivity contribution >= 4 is 28.6 Å². The van der Waals surface area contributed by atoms with Crippen LogP contribution < -0.4 is 15.5 Å². The second kappa shape index (κ2) is 11.6. The Kier molecular flexibility index (Phi) is 8.62. The fourth-order valence-electron chi connectivity index (χ4n) is 5.57. The molecule has 1 saturated carbocycles. The first-order chi connectivity index (χ1) is 18.7. The first-order valence-electron chi connectivity index (χ1n) is 14.6. The van der Waals surface area contributed by atoms with E-state index in [4.69, 9.17) is 9.97 Å². The molecule has 0 saturated heterocycles. The number of hydrogen-bond acceptors (Lipinski definition) is 6. The molecular weight excluding hydrogens is 498 g/mol. The molecule has 1 aliphatic rings. The monoisotopic (exact) mass is 545 g/mol. The van der Waals surface area contributed by atoms with Crippen LogP contribution in [-0.4, -0.2) is 47.2 Å². The standard InChI is InChI=1S/C33H47N5O2/c1-32(2,3)25-19-21(20-26(29(25)40)33(4,5)6)13-18-28(39)34-22-14-16-23(17-15-22)35-31-36-27-12-10-9-11-24(27)30(37-31)38(7)8/h9-12,19-20,22-23,40H,13-18H2,1-8H3,(H,34,39)(H,35,36,37). The number of hydrogen-bond donors (Lipinski definition) is 3. The summed E-state index contributed by atoms with van der Waals surface area (Å²) in [7, 11) is 4.00. The molecule has 0 atom stereocenters. The van der Waals surface area contributed by atoms with Crippen molar-refractivity contribution in [1.29, 1.82) is 0 Å². The van der Waals surface area contributed by atoms with E-state index in [2.05, 4.69) is 70.4 Å². The van der Waals surface area contributed by atoms with Gasteiger partial charge in [-0.05, 0) is 71.8 Å². The van der Waals surface area contributed by atoms with Gasteiger partial charge in [0, 0.05) is 38.0 Å². The first kappa shape index (κ1) is 29.6. The molecule has 7 heteroatoms. The van der Waals surface area contributed by atoms with Gasteiger partial charge in [-0.1, -0.05) is 65.8 Å². The molecule has 1 aliphatic carbocycles.